The highest BCUT2D eigenvalue weighted by Gasteiger charge is 2.29. The van der Waals surface area contributed by atoms with Gasteiger partial charge in [-0.1, -0.05) is 0 Å². The second-order valence-corrected chi connectivity index (χ2v) is 5.62. The van der Waals surface area contributed by atoms with E-state index >= 15 is 0 Å². The van der Waals surface area contributed by atoms with Gasteiger partial charge in [-0.15, -0.1) is 0 Å². The Bertz CT molecular complexity index is 674. The molecule has 3 heterocycles. The molecule has 7 nitrogen and oxygen atoms in total. The van der Waals surface area contributed by atoms with Crippen LogP contribution in [0, 0.1) is 0 Å². The Morgan fingerprint density at radius 1 is 1.52 bits per heavy atom. The Hall–Kier alpha value is -2.02. The number of fused-ring (bicyclic) bond motifs is 1. The van der Waals surface area contributed by atoms with Crippen LogP contribution in [0.2, 0.25) is 5.28 Å². The molecule has 3 rings (SSSR count). The zero-order valence-electron chi connectivity index (χ0n) is 11.5. The van der Waals surface area contributed by atoms with Crippen LogP contribution in [0.25, 0.3) is 11.0 Å². The molecule has 0 spiro atoms. The van der Waals surface area contributed by atoms with Crippen LogP contribution >= 0.6 is 11.6 Å². The quantitative estimate of drug-likeness (QED) is 0.741. The van der Waals surface area contributed by atoms with Crippen molar-refractivity contribution >= 4 is 34.5 Å². The van der Waals surface area contributed by atoms with E-state index in [1.54, 1.807) is 6.20 Å². The predicted octanol–water partition coefficient (Wildman–Crippen LogP) is 2.55. The monoisotopic (exact) mass is 309 g/mol. The van der Waals surface area contributed by atoms with Crippen molar-refractivity contribution in [3.8, 4) is 0 Å². The lowest BCUT2D eigenvalue weighted by molar-refractivity contribution is 0.108. The van der Waals surface area contributed by atoms with Gasteiger partial charge in [0.05, 0.1) is 5.39 Å². The van der Waals surface area contributed by atoms with Crippen molar-refractivity contribution in [1.29, 1.82) is 0 Å². The highest BCUT2D eigenvalue weighted by atomic mass is 35.5. The van der Waals surface area contributed by atoms with Crippen LogP contribution < -0.4 is 5.32 Å². The fourth-order valence-corrected chi connectivity index (χ4v) is 2.88. The van der Waals surface area contributed by atoms with Crippen LogP contribution in [0.1, 0.15) is 19.8 Å². The number of aromatic amines is 1. The van der Waals surface area contributed by atoms with E-state index in [4.69, 9.17) is 11.6 Å². The van der Waals surface area contributed by atoms with Gasteiger partial charge in [-0.25, -0.2) is 9.78 Å². The van der Waals surface area contributed by atoms with Crippen LogP contribution in [0.15, 0.2) is 12.3 Å². The van der Waals surface area contributed by atoms with E-state index in [-0.39, 0.29) is 17.4 Å². The molecule has 1 saturated heterocycles. The van der Waals surface area contributed by atoms with Crippen molar-refractivity contribution in [2.45, 2.75) is 31.8 Å². The van der Waals surface area contributed by atoms with Crippen LogP contribution in [0.4, 0.5) is 10.6 Å². The van der Waals surface area contributed by atoms with Crippen LogP contribution in [0.3, 0.4) is 0 Å². The van der Waals surface area contributed by atoms with Crippen molar-refractivity contribution in [2.75, 3.05) is 11.9 Å². The lowest BCUT2D eigenvalue weighted by Crippen LogP contribution is -2.49. The molecule has 112 valence electrons. The number of aromatic nitrogens is 3. The van der Waals surface area contributed by atoms with Gasteiger partial charge in [0.25, 0.3) is 0 Å². The number of carboxylic acid groups (broad SMARTS) is 1. The molecule has 2 atom stereocenters. The predicted molar refractivity (Wildman–Crippen MR) is 79.7 cm³/mol. The van der Waals surface area contributed by atoms with Gasteiger partial charge in [0, 0.05) is 24.8 Å². The topological polar surface area (TPSA) is 94.1 Å². The molecule has 0 bridgehead atoms. The number of hydrogen-bond acceptors (Lipinski definition) is 4. The van der Waals surface area contributed by atoms with E-state index < -0.39 is 6.09 Å². The molecule has 2 aromatic heterocycles. The zero-order chi connectivity index (χ0) is 15.0. The fourth-order valence-electron chi connectivity index (χ4n) is 2.71. The zero-order valence-corrected chi connectivity index (χ0v) is 12.3. The van der Waals surface area contributed by atoms with Crippen molar-refractivity contribution < 1.29 is 9.90 Å². The fraction of sp³-hybridized carbons (Fsp3) is 0.462. The first kappa shape index (κ1) is 13.9. The first-order valence-electron chi connectivity index (χ1n) is 6.81. The molecule has 21 heavy (non-hydrogen) atoms. The Morgan fingerprint density at radius 2 is 2.33 bits per heavy atom. The van der Waals surface area contributed by atoms with Crippen molar-refractivity contribution in [1.82, 2.24) is 19.9 Å². The summed E-state index contributed by atoms with van der Waals surface area (Å²) in [5.41, 5.74) is 0.664. The third kappa shape index (κ3) is 2.73. The summed E-state index contributed by atoms with van der Waals surface area (Å²) < 4.78 is 0. The molecule has 1 fully saturated rings. The summed E-state index contributed by atoms with van der Waals surface area (Å²) >= 11 is 5.91. The van der Waals surface area contributed by atoms with Crippen molar-refractivity contribution in [2.24, 2.45) is 0 Å². The van der Waals surface area contributed by atoms with Crippen molar-refractivity contribution in [3.63, 3.8) is 0 Å². The standard InChI is InChI=1S/C13H16ClN5O2/c1-7-2-3-8(6-19(7)13(20)21)16-11-9-4-5-15-10(9)17-12(14)18-11/h4-5,7-8H,2-3,6H2,1H3,(H,20,21)(H2,15,16,17,18)/t7-,8+/m0/s1. The van der Waals surface area contributed by atoms with Gasteiger partial charge in [-0.2, -0.15) is 4.98 Å². The highest BCUT2D eigenvalue weighted by molar-refractivity contribution is 6.28. The van der Waals surface area contributed by atoms with E-state index in [0.29, 0.717) is 18.0 Å². The molecule has 3 N–H and O–H groups in total. The van der Waals surface area contributed by atoms with Crippen molar-refractivity contribution in [3.05, 3.63) is 17.5 Å². The molecular weight excluding hydrogens is 294 g/mol. The van der Waals surface area contributed by atoms with Crippen LogP contribution in [-0.2, 0) is 0 Å². The van der Waals surface area contributed by atoms with Gasteiger partial charge in [-0.05, 0) is 37.4 Å². The summed E-state index contributed by atoms with van der Waals surface area (Å²) in [4.78, 5) is 24.0. The number of halogens is 1. The number of rotatable bonds is 2. The largest absolute Gasteiger partial charge is 0.465 e. The van der Waals surface area contributed by atoms with Gasteiger partial charge in [0.2, 0.25) is 5.28 Å². The highest BCUT2D eigenvalue weighted by Crippen LogP contribution is 2.25. The molecule has 2 aromatic rings. The molecular formula is C13H16ClN5O2. The smallest absolute Gasteiger partial charge is 0.407 e. The number of hydrogen-bond donors (Lipinski definition) is 3. The summed E-state index contributed by atoms with van der Waals surface area (Å²) in [6, 6.07) is 1.93. The van der Waals surface area contributed by atoms with Gasteiger partial charge in [0.1, 0.15) is 11.5 Å². The number of nitrogens with one attached hydrogen (secondary N) is 2. The first-order valence-corrected chi connectivity index (χ1v) is 7.19. The number of nitrogens with zero attached hydrogens (tertiary/aromatic N) is 3. The number of amides is 1. The first-order chi connectivity index (χ1) is 10.0. The molecule has 1 aliphatic rings. The second-order valence-electron chi connectivity index (χ2n) is 5.28. The normalized spacial score (nSPS) is 22.5. The minimum Gasteiger partial charge on any atom is -0.465 e. The summed E-state index contributed by atoms with van der Waals surface area (Å²) in [6.45, 7) is 2.36. The van der Waals surface area contributed by atoms with Gasteiger partial charge >= 0.3 is 6.09 Å². The minimum absolute atomic E-state index is 0.0152. The lowest BCUT2D eigenvalue weighted by atomic mass is 10.00. The number of carbonyl (C=O) groups is 1. The summed E-state index contributed by atoms with van der Waals surface area (Å²) in [6.07, 6.45) is 2.59. The summed E-state index contributed by atoms with van der Waals surface area (Å²) in [5, 5.41) is 13.5. The molecule has 8 heteroatoms. The molecule has 0 radical (unpaired) electrons. The Balaban J connectivity index is 1.82. The molecule has 0 saturated carbocycles. The Labute approximate surface area is 126 Å². The number of anilines is 1. The van der Waals surface area contributed by atoms with E-state index in [2.05, 4.69) is 20.3 Å². The maximum Gasteiger partial charge on any atom is 0.407 e. The number of piperidine rings is 1. The SMILES string of the molecule is C[C@H]1CC[C@@H](Nc2nc(Cl)nc3[nH]ccc23)CN1C(=O)O. The Morgan fingerprint density at radius 3 is 3.10 bits per heavy atom. The maximum absolute atomic E-state index is 11.2. The summed E-state index contributed by atoms with van der Waals surface area (Å²) in [7, 11) is 0. The van der Waals surface area contributed by atoms with E-state index in [9.17, 15) is 9.90 Å². The lowest BCUT2D eigenvalue weighted by Gasteiger charge is -2.36. The molecule has 1 amide bonds. The average molecular weight is 310 g/mol. The third-order valence-corrected chi connectivity index (χ3v) is 4.03. The van der Waals surface area contributed by atoms with Gasteiger partial charge < -0.3 is 20.3 Å². The van der Waals surface area contributed by atoms with E-state index in [1.807, 2.05) is 13.0 Å². The molecule has 0 aromatic carbocycles. The molecule has 0 aliphatic carbocycles. The van der Waals surface area contributed by atoms with Crippen LogP contribution in [0.5, 0.6) is 0 Å². The average Bonchev–Trinajstić information content (AvgIpc) is 2.88. The van der Waals surface area contributed by atoms with Gasteiger partial charge in [0.15, 0.2) is 0 Å². The van der Waals surface area contributed by atoms with Gasteiger partial charge in [-0.3, -0.25) is 0 Å². The third-order valence-electron chi connectivity index (χ3n) is 3.86. The summed E-state index contributed by atoms with van der Waals surface area (Å²) in [5.74, 6) is 0.635. The number of likely N-dealkylation sites (tertiary alicyclic amines) is 1. The number of H-pyrrole nitrogens is 1. The molecule has 1 aliphatic heterocycles. The van der Waals surface area contributed by atoms with E-state index in [0.717, 1.165) is 18.2 Å². The Kier molecular flexibility index (Phi) is 3.59. The molecule has 0 unspecified atom stereocenters. The minimum atomic E-state index is -0.887. The second kappa shape index (κ2) is 5.40. The maximum atomic E-state index is 11.2. The van der Waals surface area contributed by atoms with Crippen LogP contribution in [-0.4, -0.2) is 49.7 Å². The van der Waals surface area contributed by atoms with E-state index in [1.165, 1.54) is 4.90 Å².